The highest BCUT2D eigenvalue weighted by atomic mass is 32.2. The third-order valence-electron chi connectivity index (χ3n) is 2.95. The molecule has 1 saturated heterocycles. The molecule has 2 N–H and O–H groups in total. The maximum absolute atomic E-state index is 12.3. The number of hydrogen-bond acceptors (Lipinski definition) is 4. The van der Waals surface area contributed by atoms with Gasteiger partial charge in [0.05, 0.1) is 12.3 Å². The Labute approximate surface area is 101 Å². The second kappa shape index (κ2) is 4.29. The zero-order valence-corrected chi connectivity index (χ0v) is 10.8. The molecular formula is C11H16N2O3S. The monoisotopic (exact) mass is 256 g/mol. The lowest BCUT2D eigenvalue weighted by Gasteiger charge is -2.18. The molecule has 0 radical (unpaired) electrons. The van der Waals surface area contributed by atoms with E-state index in [1.807, 2.05) is 13.0 Å². The minimum atomic E-state index is -3.64. The van der Waals surface area contributed by atoms with Crippen molar-refractivity contribution in [3.8, 4) is 0 Å². The molecule has 0 aromatic heterocycles. The molecule has 0 saturated carbocycles. The maximum atomic E-state index is 12.3. The van der Waals surface area contributed by atoms with Crippen molar-refractivity contribution in [3.63, 3.8) is 0 Å². The molecule has 0 amide bonds. The predicted octanol–water partition coefficient (Wildman–Crippen LogP) is 1.21. The molecule has 17 heavy (non-hydrogen) atoms. The lowest BCUT2D eigenvalue weighted by atomic mass is 10.1. The average molecular weight is 256 g/mol. The summed E-state index contributed by atoms with van der Waals surface area (Å²) in [6.45, 7) is 4.44. The Hall–Kier alpha value is -1.11. The highest BCUT2D eigenvalue weighted by Crippen LogP contribution is 2.29. The van der Waals surface area contributed by atoms with Gasteiger partial charge in [-0.25, -0.2) is 8.42 Å². The molecule has 1 aromatic rings. The van der Waals surface area contributed by atoms with Crippen LogP contribution in [0.1, 0.15) is 17.5 Å². The number of hydrogen-bond donors (Lipinski definition) is 1. The Kier molecular flexibility index (Phi) is 3.11. The van der Waals surface area contributed by atoms with Crippen molar-refractivity contribution in [2.24, 2.45) is 0 Å². The Morgan fingerprint density at radius 1 is 1.35 bits per heavy atom. The number of anilines is 1. The van der Waals surface area contributed by atoms with Crippen molar-refractivity contribution < 1.29 is 13.3 Å². The van der Waals surface area contributed by atoms with Crippen LogP contribution in [0.15, 0.2) is 17.0 Å². The zero-order chi connectivity index (χ0) is 12.6. The summed E-state index contributed by atoms with van der Waals surface area (Å²) in [5, 5.41) is 0. The van der Waals surface area contributed by atoms with E-state index in [1.54, 1.807) is 13.0 Å². The summed E-state index contributed by atoms with van der Waals surface area (Å²) in [6, 6.07) is 3.43. The standard InChI is InChI=1S/C11H16N2O3S/c1-8-4-5-10(12)11(9(8)2)17(14,15)13-6-3-7-16-13/h4-5H,3,6-7,12H2,1-2H3. The number of nitrogens with two attached hydrogens (primary N) is 1. The Bertz CT molecular complexity index is 534. The van der Waals surface area contributed by atoms with E-state index in [2.05, 4.69) is 0 Å². The quantitative estimate of drug-likeness (QED) is 0.807. The predicted molar refractivity (Wildman–Crippen MR) is 64.8 cm³/mol. The van der Waals surface area contributed by atoms with Gasteiger partial charge in [-0.1, -0.05) is 10.5 Å². The highest BCUT2D eigenvalue weighted by molar-refractivity contribution is 7.89. The van der Waals surface area contributed by atoms with Gasteiger partial charge in [0.1, 0.15) is 4.90 Å². The second-order valence-corrected chi connectivity index (χ2v) is 5.91. The second-order valence-electron chi connectivity index (χ2n) is 4.14. The number of hydroxylamine groups is 1. The number of aryl methyl sites for hydroxylation is 1. The van der Waals surface area contributed by atoms with E-state index in [0.29, 0.717) is 25.1 Å². The van der Waals surface area contributed by atoms with Crippen LogP contribution in [0.5, 0.6) is 0 Å². The average Bonchev–Trinajstić information content (AvgIpc) is 2.77. The van der Waals surface area contributed by atoms with Gasteiger partial charge in [-0.15, -0.1) is 0 Å². The van der Waals surface area contributed by atoms with Gasteiger partial charge < -0.3 is 5.73 Å². The van der Waals surface area contributed by atoms with Crippen LogP contribution in [0.2, 0.25) is 0 Å². The van der Waals surface area contributed by atoms with E-state index in [1.165, 1.54) is 0 Å². The number of rotatable bonds is 2. The van der Waals surface area contributed by atoms with E-state index in [-0.39, 0.29) is 10.6 Å². The van der Waals surface area contributed by atoms with Crippen molar-refractivity contribution in [2.45, 2.75) is 25.2 Å². The summed E-state index contributed by atoms with van der Waals surface area (Å²) in [5.41, 5.74) is 7.63. The van der Waals surface area contributed by atoms with Gasteiger partial charge in [0.2, 0.25) is 0 Å². The third kappa shape index (κ3) is 2.03. The summed E-state index contributed by atoms with van der Waals surface area (Å²) >= 11 is 0. The molecule has 0 aliphatic carbocycles. The molecule has 1 heterocycles. The Balaban J connectivity index is 2.56. The lowest BCUT2D eigenvalue weighted by molar-refractivity contribution is -0.0284. The van der Waals surface area contributed by atoms with Crippen LogP contribution < -0.4 is 5.73 Å². The highest BCUT2D eigenvalue weighted by Gasteiger charge is 2.32. The van der Waals surface area contributed by atoms with E-state index in [9.17, 15) is 8.42 Å². The normalized spacial score (nSPS) is 17.5. The Morgan fingerprint density at radius 2 is 2.06 bits per heavy atom. The fourth-order valence-corrected chi connectivity index (χ4v) is 3.57. The molecule has 2 rings (SSSR count). The van der Waals surface area contributed by atoms with Crippen LogP contribution in [-0.4, -0.2) is 26.0 Å². The molecular weight excluding hydrogens is 240 g/mol. The van der Waals surface area contributed by atoms with Crippen LogP contribution in [-0.2, 0) is 14.9 Å². The summed E-state index contributed by atoms with van der Waals surface area (Å²) in [7, 11) is -3.64. The Morgan fingerprint density at radius 3 is 2.65 bits per heavy atom. The molecule has 1 fully saturated rings. The number of nitrogen functional groups attached to an aromatic ring is 1. The van der Waals surface area contributed by atoms with E-state index in [0.717, 1.165) is 10.0 Å². The first kappa shape index (κ1) is 12.3. The van der Waals surface area contributed by atoms with Gasteiger partial charge in [-0.2, -0.15) is 0 Å². The van der Waals surface area contributed by atoms with Gasteiger partial charge >= 0.3 is 0 Å². The zero-order valence-electron chi connectivity index (χ0n) is 9.93. The van der Waals surface area contributed by atoms with Crippen LogP contribution in [0, 0.1) is 13.8 Å². The molecule has 5 nitrogen and oxygen atoms in total. The van der Waals surface area contributed by atoms with Crippen molar-refractivity contribution in [2.75, 3.05) is 18.9 Å². The minimum Gasteiger partial charge on any atom is -0.398 e. The lowest BCUT2D eigenvalue weighted by Crippen LogP contribution is -2.28. The van der Waals surface area contributed by atoms with Crippen LogP contribution >= 0.6 is 0 Å². The molecule has 0 unspecified atom stereocenters. The van der Waals surface area contributed by atoms with Gasteiger partial charge in [0.15, 0.2) is 0 Å². The van der Waals surface area contributed by atoms with Crippen LogP contribution in [0.3, 0.4) is 0 Å². The summed E-state index contributed by atoms with van der Waals surface area (Å²) in [6.07, 6.45) is 0.712. The molecule has 94 valence electrons. The van der Waals surface area contributed by atoms with Gasteiger partial charge in [0.25, 0.3) is 10.0 Å². The third-order valence-corrected chi connectivity index (χ3v) is 4.84. The van der Waals surface area contributed by atoms with Crippen molar-refractivity contribution >= 4 is 15.7 Å². The fourth-order valence-electron chi connectivity index (χ4n) is 1.87. The van der Waals surface area contributed by atoms with Crippen LogP contribution in [0.4, 0.5) is 5.69 Å². The first-order chi connectivity index (χ1) is 7.94. The topological polar surface area (TPSA) is 72.6 Å². The van der Waals surface area contributed by atoms with Crippen LogP contribution in [0.25, 0.3) is 0 Å². The van der Waals surface area contributed by atoms with Gasteiger partial charge in [-0.05, 0) is 37.5 Å². The van der Waals surface area contributed by atoms with Gasteiger partial charge in [-0.3, -0.25) is 4.84 Å². The van der Waals surface area contributed by atoms with Crippen molar-refractivity contribution in [3.05, 3.63) is 23.3 Å². The largest absolute Gasteiger partial charge is 0.398 e. The number of nitrogens with zero attached hydrogens (tertiary/aromatic N) is 1. The maximum Gasteiger partial charge on any atom is 0.267 e. The first-order valence-electron chi connectivity index (χ1n) is 5.46. The van der Waals surface area contributed by atoms with E-state index in [4.69, 9.17) is 10.6 Å². The smallest absolute Gasteiger partial charge is 0.267 e. The summed E-state index contributed by atoms with van der Waals surface area (Å²) in [4.78, 5) is 5.28. The molecule has 1 aliphatic rings. The number of benzene rings is 1. The SMILES string of the molecule is Cc1ccc(N)c(S(=O)(=O)N2CCCO2)c1C. The number of sulfonamides is 1. The molecule has 0 spiro atoms. The summed E-state index contributed by atoms with van der Waals surface area (Å²) < 4.78 is 25.7. The first-order valence-corrected chi connectivity index (χ1v) is 6.90. The molecule has 1 aliphatic heterocycles. The molecule has 0 bridgehead atoms. The van der Waals surface area contributed by atoms with Gasteiger partial charge in [0, 0.05) is 6.54 Å². The summed E-state index contributed by atoms with van der Waals surface area (Å²) in [5.74, 6) is 0. The molecule has 1 aromatic carbocycles. The van der Waals surface area contributed by atoms with Crippen molar-refractivity contribution in [1.82, 2.24) is 4.47 Å². The van der Waals surface area contributed by atoms with Crippen molar-refractivity contribution in [1.29, 1.82) is 0 Å². The fraction of sp³-hybridized carbons (Fsp3) is 0.455. The van der Waals surface area contributed by atoms with E-state index >= 15 is 0 Å². The molecule has 0 atom stereocenters. The molecule has 6 heteroatoms. The minimum absolute atomic E-state index is 0.166. The van der Waals surface area contributed by atoms with E-state index < -0.39 is 10.0 Å².